The third-order valence-corrected chi connectivity index (χ3v) is 6.42. The summed E-state index contributed by atoms with van der Waals surface area (Å²) in [6.07, 6.45) is 1.02. The molecule has 0 unspecified atom stereocenters. The molecule has 32 heavy (non-hydrogen) atoms. The summed E-state index contributed by atoms with van der Waals surface area (Å²) >= 11 is 0. The highest BCUT2D eigenvalue weighted by Gasteiger charge is 2.38. The van der Waals surface area contributed by atoms with Crippen molar-refractivity contribution in [2.75, 3.05) is 16.8 Å². The van der Waals surface area contributed by atoms with Gasteiger partial charge < -0.3 is 10.2 Å². The SMILES string of the molecule is O=C(CCc1ccc(C(F)(F)F)nc1)Nc1ccc2nc(N3C[C@H]4CC[C@@H]3C4)ccc2c1. The van der Waals surface area contributed by atoms with Gasteiger partial charge in [0.1, 0.15) is 11.5 Å². The molecule has 8 heteroatoms. The lowest BCUT2D eigenvalue weighted by Crippen LogP contribution is -2.32. The molecule has 3 aromatic rings. The van der Waals surface area contributed by atoms with Crippen LogP contribution in [0.15, 0.2) is 48.7 Å². The number of piperidine rings is 1. The van der Waals surface area contributed by atoms with E-state index in [1.807, 2.05) is 30.3 Å². The van der Waals surface area contributed by atoms with Gasteiger partial charge in [0.05, 0.1) is 5.52 Å². The van der Waals surface area contributed by atoms with Gasteiger partial charge in [-0.05, 0) is 73.6 Å². The van der Waals surface area contributed by atoms with E-state index in [1.54, 1.807) is 0 Å². The first-order valence-corrected chi connectivity index (χ1v) is 10.8. The van der Waals surface area contributed by atoms with Crippen molar-refractivity contribution >= 4 is 28.3 Å². The summed E-state index contributed by atoms with van der Waals surface area (Å²) in [6.45, 7) is 1.09. The number of hydrogen-bond donors (Lipinski definition) is 1. The Morgan fingerprint density at radius 2 is 2.00 bits per heavy atom. The highest BCUT2D eigenvalue weighted by Crippen LogP contribution is 2.40. The number of aryl methyl sites for hydroxylation is 1. The minimum atomic E-state index is -4.46. The Morgan fingerprint density at radius 1 is 1.12 bits per heavy atom. The van der Waals surface area contributed by atoms with E-state index < -0.39 is 11.9 Å². The standard InChI is InChI=1S/C24H23F3N4O/c25-24(26,27)21-8-2-15(13-28-21)3-10-23(32)29-18-5-7-20-17(12-18)4-9-22(30-20)31-14-16-1-6-19(31)11-16/h2,4-5,7-9,12-13,16,19H,1,3,6,10-11,14H2,(H,29,32)/t16-,19+/m0/s1. The first-order chi connectivity index (χ1) is 15.3. The maximum atomic E-state index is 12.6. The molecule has 2 fully saturated rings. The summed E-state index contributed by atoms with van der Waals surface area (Å²) in [7, 11) is 0. The van der Waals surface area contributed by atoms with Crippen molar-refractivity contribution in [2.24, 2.45) is 5.92 Å². The second-order valence-electron chi connectivity index (χ2n) is 8.66. The van der Waals surface area contributed by atoms with Gasteiger partial charge in [0.2, 0.25) is 5.91 Å². The van der Waals surface area contributed by atoms with Gasteiger partial charge in [-0.2, -0.15) is 13.2 Å². The van der Waals surface area contributed by atoms with Crippen LogP contribution in [0, 0.1) is 5.92 Å². The summed E-state index contributed by atoms with van der Waals surface area (Å²) in [6, 6.07) is 12.6. The molecule has 1 aromatic carbocycles. The van der Waals surface area contributed by atoms with Gasteiger partial charge in [-0.25, -0.2) is 4.98 Å². The number of halogens is 3. The van der Waals surface area contributed by atoms with Crippen LogP contribution in [0.5, 0.6) is 0 Å². The number of nitrogens with zero attached hydrogens (tertiary/aromatic N) is 3. The quantitative estimate of drug-likeness (QED) is 0.592. The number of pyridine rings is 2. The van der Waals surface area contributed by atoms with Gasteiger partial charge in [0.25, 0.3) is 0 Å². The molecule has 1 N–H and O–H groups in total. The number of hydrogen-bond acceptors (Lipinski definition) is 4. The zero-order chi connectivity index (χ0) is 22.3. The lowest BCUT2D eigenvalue weighted by atomic mass is 10.1. The van der Waals surface area contributed by atoms with Crippen LogP contribution in [-0.2, 0) is 17.4 Å². The summed E-state index contributed by atoms with van der Waals surface area (Å²) in [5.74, 6) is 1.61. The summed E-state index contributed by atoms with van der Waals surface area (Å²) < 4.78 is 37.8. The van der Waals surface area contributed by atoms with Crippen LogP contribution in [0.2, 0.25) is 0 Å². The van der Waals surface area contributed by atoms with E-state index in [2.05, 4.69) is 15.2 Å². The normalized spacial score (nSPS) is 20.2. The Balaban J connectivity index is 1.20. The molecule has 5 rings (SSSR count). The summed E-state index contributed by atoms with van der Waals surface area (Å²) in [5.41, 5.74) is 1.21. The number of alkyl halides is 3. The van der Waals surface area contributed by atoms with E-state index in [-0.39, 0.29) is 12.3 Å². The van der Waals surface area contributed by atoms with Crippen LogP contribution in [0.3, 0.4) is 0 Å². The number of benzene rings is 1. The predicted molar refractivity (Wildman–Crippen MR) is 116 cm³/mol. The van der Waals surface area contributed by atoms with Crippen molar-refractivity contribution in [3.05, 3.63) is 59.9 Å². The molecule has 1 saturated heterocycles. The minimum Gasteiger partial charge on any atom is -0.353 e. The van der Waals surface area contributed by atoms with Gasteiger partial charge in [-0.1, -0.05) is 6.07 Å². The Labute approximate surface area is 183 Å². The second kappa shape index (κ2) is 8.07. The monoisotopic (exact) mass is 440 g/mol. The van der Waals surface area contributed by atoms with E-state index in [0.29, 0.717) is 23.7 Å². The first-order valence-electron chi connectivity index (χ1n) is 10.8. The minimum absolute atomic E-state index is 0.153. The average Bonchev–Trinajstić information content (AvgIpc) is 3.41. The highest BCUT2D eigenvalue weighted by atomic mass is 19.4. The second-order valence-corrected chi connectivity index (χ2v) is 8.66. The molecule has 2 bridgehead atoms. The fourth-order valence-corrected chi connectivity index (χ4v) is 4.78. The van der Waals surface area contributed by atoms with Gasteiger partial charge in [-0.15, -0.1) is 0 Å². The molecule has 0 spiro atoms. The van der Waals surface area contributed by atoms with Gasteiger partial charge in [0.15, 0.2) is 0 Å². The molecule has 5 nitrogen and oxygen atoms in total. The van der Waals surface area contributed by atoms with Crippen LogP contribution < -0.4 is 10.2 Å². The number of fused-ring (bicyclic) bond motifs is 3. The first kappa shape index (κ1) is 20.7. The van der Waals surface area contributed by atoms with Crippen molar-refractivity contribution in [3.8, 4) is 0 Å². The number of aromatic nitrogens is 2. The van der Waals surface area contributed by atoms with E-state index in [9.17, 15) is 18.0 Å². The van der Waals surface area contributed by atoms with Gasteiger partial charge in [-0.3, -0.25) is 9.78 Å². The molecule has 1 saturated carbocycles. The topological polar surface area (TPSA) is 58.1 Å². The molecule has 2 aliphatic rings. The van der Waals surface area contributed by atoms with Crippen molar-refractivity contribution in [1.82, 2.24) is 9.97 Å². The van der Waals surface area contributed by atoms with E-state index in [4.69, 9.17) is 4.98 Å². The van der Waals surface area contributed by atoms with Crippen molar-refractivity contribution in [2.45, 2.75) is 44.3 Å². The number of amides is 1. The molecule has 166 valence electrons. The summed E-state index contributed by atoms with van der Waals surface area (Å²) in [5, 5.41) is 3.80. The third kappa shape index (κ3) is 4.26. The predicted octanol–water partition coefficient (Wildman–Crippen LogP) is 5.21. The molecule has 1 amide bonds. The molecule has 1 aliphatic carbocycles. The molecule has 2 atom stereocenters. The van der Waals surface area contributed by atoms with Gasteiger partial charge in [0, 0.05) is 36.3 Å². The van der Waals surface area contributed by atoms with Crippen molar-refractivity contribution in [3.63, 3.8) is 0 Å². The van der Waals surface area contributed by atoms with Crippen LogP contribution in [0.1, 0.15) is 36.9 Å². The van der Waals surface area contributed by atoms with Crippen molar-refractivity contribution in [1.29, 1.82) is 0 Å². The maximum absolute atomic E-state index is 12.6. The number of nitrogens with one attached hydrogen (secondary N) is 1. The fourth-order valence-electron chi connectivity index (χ4n) is 4.78. The Morgan fingerprint density at radius 3 is 2.69 bits per heavy atom. The lowest BCUT2D eigenvalue weighted by Gasteiger charge is -2.28. The van der Waals surface area contributed by atoms with E-state index >= 15 is 0 Å². The van der Waals surface area contributed by atoms with Crippen LogP contribution in [0.4, 0.5) is 24.7 Å². The molecular weight excluding hydrogens is 417 g/mol. The number of carbonyl (C=O) groups excluding carboxylic acids is 1. The van der Waals surface area contributed by atoms with E-state index in [0.717, 1.165) is 35.2 Å². The molecule has 1 aliphatic heterocycles. The van der Waals surface area contributed by atoms with E-state index in [1.165, 1.54) is 31.5 Å². The Hall–Kier alpha value is -3.16. The Bertz CT molecular complexity index is 1150. The Kier molecular flexibility index (Phi) is 5.23. The average molecular weight is 440 g/mol. The lowest BCUT2D eigenvalue weighted by molar-refractivity contribution is -0.141. The third-order valence-electron chi connectivity index (χ3n) is 6.42. The van der Waals surface area contributed by atoms with Crippen LogP contribution in [-0.4, -0.2) is 28.5 Å². The zero-order valence-electron chi connectivity index (χ0n) is 17.4. The number of anilines is 2. The van der Waals surface area contributed by atoms with Crippen molar-refractivity contribution < 1.29 is 18.0 Å². The molecule has 2 aromatic heterocycles. The summed E-state index contributed by atoms with van der Waals surface area (Å²) in [4.78, 5) is 23.0. The van der Waals surface area contributed by atoms with Crippen LogP contribution >= 0.6 is 0 Å². The van der Waals surface area contributed by atoms with Crippen LogP contribution in [0.25, 0.3) is 10.9 Å². The fraction of sp³-hybridized carbons (Fsp3) is 0.375. The molecular formula is C24H23F3N4O. The smallest absolute Gasteiger partial charge is 0.353 e. The number of rotatable bonds is 5. The maximum Gasteiger partial charge on any atom is 0.433 e. The molecule has 3 heterocycles. The molecule has 0 radical (unpaired) electrons. The number of carbonyl (C=O) groups is 1. The van der Waals surface area contributed by atoms with Gasteiger partial charge >= 0.3 is 6.18 Å². The highest BCUT2D eigenvalue weighted by molar-refractivity contribution is 5.94. The largest absolute Gasteiger partial charge is 0.433 e. The zero-order valence-corrected chi connectivity index (χ0v) is 17.4.